The summed E-state index contributed by atoms with van der Waals surface area (Å²) in [5.74, 6) is 2.42. The zero-order valence-corrected chi connectivity index (χ0v) is 13.9. The van der Waals surface area contributed by atoms with Crippen LogP contribution in [0.25, 0.3) is 11.4 Å². The standard InChI is InChI=1S/C15H15ClN8/c1-9(2)11-6-12(24-15(20-11)18-8-19-24)17-7-13-21-22-14-10(16)4-3-5-23(13)14/h3-6,8-9,17H,7H2,1-2H3. The van der Waals surface area contributed by atoms with Gasteiger partial charge < -0.3 is 5.32 Å². The average Bonchev–Trinajstić information content (AvgIpc) is 3.19. The second-order valence-electron chi connectivity index (χ2n) is 5.71. The summed E-state index contributed by atoms with van der Waals surface area (Å²) < 4.78 is 3.53. The molecule has 0 saturated heterocycles. The fourth-order valence-electron chi connectivity index (χ4n) is 2.47. The zero-order valence-electron chi connectivity index (χ0n) is 13.2. The SMILES string of the molecule is CC(C)c1cc(NCc2nnc3c(Cl)cccn23)n2ncnc2n1. The van der Waals surface area contributed by atoms with E-state index in [9.17, 15) is 0 Å². The number of pyridine rings is 1. The van der Waals surface area contributed by atoms with Gasteiger partial charge in [0.2, 0.25) is 0 Å². The Balaban J connectivity index is 1.69. The lowest BCUT2D eigenvalue weighted by atomic mass is 10.1. The Morgan fingerprint density at radius 1 is 1.29 bits per heavy atom. The normalized spacial score (nSPS) is 11.7. The first kappa shape index (κ1) is 14.8. The largest absolute Gasteiger partial charge is 0.363 e. The van der Waals surface area contributed by atoms with Crippen molar-refractivity contribution >= 4 is 28.8 Å². The average molecular weight is 343 g/mol. The zero-order chi connectivity index (χ0) is 16.7. The Labute approximate surface area is 142 Å². The number of hydrogen-bond donors (Lipinski definition) is 1. The van der Waals surface area contributed by atoms with Crippen molar-refractivity contribution in [1.29, 1.82) is 0 Å². The van der Waals surface area contributed by atoms with E-state index in [-0.39, 0.29) is 0 Å². The van der Waals surface area contributed by atoms with E-state index in [1.807, 2.05) is 22.7 Å². The predicted octanol–water partition coefficient (Wildman–Crippen LogP) is 2.56. The Hall–Kier alpha value is -2.74. The van der Waals surface area contributed by atoms with E-state index in [2.05, 4.69) is 44.4 Å². The number of fused-ring (bicyclic) bond motifs is 2. The van der Waals surface area contributed by atoms with E-state index in [0.717, 1.165) is 17.3 Å². The highest BCUT2D eigenvalue weighted by Gasteiger charge is 2.12. The summed E-state index contributed by atoms with van der Waals surface area (Å²) in [6, 6.07) is 5.63. The number of halogens is 1. The molecule has 122 valence electrons. The van der Waals surface area contributed by atoms with E-state index in [1.165, 1.54) is 6.33 Å². The van der Waals surface area contributed by atoms with Crippen LogP contribution >= 0.6 is 11.6 Å². The van der Waals surface area contributed by atoms with Gasteiger partial charge in [0.15, 0.2) is 11.5 Å². The molecule has 24 heavy (non-hydrogen) atoms. The Bertz CT molecular complexity index is 1020. The number of hydrogen-bond acceptors (Lipinski definition) is 6. The van der Waals surface area contributed by atoms with Gasteiger partial charge in [0.25, 0.3) is 5.78 Å². The molecule has 0 amide bonds. The summed E-state index contributed by atoms with van der Waals surface area (Å²) in [5, 5.41) is 16.4. The van der Waals surface area contributed by atoms with E-state index in [4.69, 9.17) is 11.6 Å². The number of rotatable bonds is 4. The first-order chi connectivity index (χ1) is 11.6. The second kappa shape index (κ2) is 5.72. The van der Waals surface area contributed by atoms with Crippen molar-refractivity contribution < 1.29 is 0 Å². The molecule has 0 fully saturated rings. The van der Waals surface area contributed by atoms with Crippen molar-refractivity contribution in [2.45, 2.75) is 26.3 Å². The molecule has 4 rings (SSSR count). The fraction of sp³-hybridized carbons (Fsp3) is 0.267. The molecule has 1 N–H and O–H groups in total. The van der Waals surface area contributed by atoms with Gasteiger partial charge in [-0.3, -0.25) is 4.40 Å². The van der Waals surface area contributed by atoms with Crippen LogP contribution < -0.4 is 5.32 Å². The first-order valence-corrected chi connectivity index (χ1v) is 7.94. The smallest absolute Gasteiger partial charge is 0.254 e. The molecular weight excluding hydrogens is 328 g/mol. The molecular formula is C15H15ClN8. The van der Waals surface area contributed by atoms with Gasteiger partial charge in [0.1, 0.15) is 12.1 Å². The third-order valence-corrected chi connectivity index (χ3v) is 4.04. The van der Waals surface area contributed by atoms with Gasteiger partial charge in [-0.2, -0.15) is 14.6 Å². The van der Waals surface area contributed by atoms with Crippen LogP contribution in [0.4, 0.5) is 5.82 Å². The van der Waals surface area contributed by atoms with Crippen LogP contribution in [0.15, 0.2) is 30.7 Å². The minimum atomic E-state index is 0.292. The Kier molecular flexibility index (Phi) is 3.53. The molecule has 4 aromatic rings. The molecule has 0 aliphatic heterocycles. The second-order valence-corrected chi connectivity index (χ2v) is 6.12. The maximum atomic E-state index is 6.13. The molecule has 9 heteroatoms. The summed E-state index contributed by atoms with van der Waals surface area (Å²) >= 11 is 6.13. The lowest BCUT2D eigenvalue weighted by Crippen LogP contribution is -2.10. The summed E-state index contributed by atoms with van der Waals surface area (Å²) in [7, 11) is 0. The van der Waals surface area contributed by atoms with Crippen molar-refractivity contribution in [1.82, 2.24) is 34.2 Å². The predicted molar refractivity (Wildman–Crippen MR) is 90.2 cm³/mol. The summed E-state index contributed by atoms with van der Waals surface area (Å²) in [6.45, 7) is 4.65. The molecule has 0 unspecified atom stereocenters. The van der Waals surface area contributed by atoms with Crippen molar-refractivity contribution in [3.05, 3.63) is 47.3 Å². The lowest BCUT2D eigenvalue weighted by molar-refractivity contribution is 0.803. The maximum absolute atomic E-state index is 6.13. The number of anilines is 1. The maximum Gasteiger partial charge on any atom is 0.254 e. The van der Waals surface area contributed by atoms with E-state index < -0.39 is 0 Å². The van der Waals surface area contributed by atoms with Gasteiger partial charge in [0, 0.05) is 12.3 Å². The molecule has 0 atom stereocenters. The van der Waals surface area contributed by atoms with Gasteiger partial charge in [-0.15, -0.1) is 10.2 Å². The molecule has 0 saturated carbocycles. The van der Waals surface area contributed by atoms with Crippen molar-refractivity contribution in [3.8, 4) is 0 Å². The topological polar surface area (TPSA) is 85.3 Å². The van der Waals surface area contributed by atoms with Gasteiger partial charge in [-0.1, -0.05) is 25.4 Å². The fourth-order valence-corrected chi connectivity index (χ4v) is 2.68. The number of aromatic nitrogens is 7. The van der Waals surface area contributed by atoms with Crippen LogP contribution in [-0.4, -0.2) is 34.2 Å². The van der Waals surface area contributed by atoms with Gasteiger partial charge in [0.05, 0.1) is 17.3 Å². The lowest BCUT2D eigenvalue weighted by Gasteiger charge is -2.10. The summed E-state index contributed by atoms with van der Waals surface area (Å²) in [4.78, 5) is 8.68. The molecule has 0 aliphatic carbocycles. The van der Waals surface area contributed by atoms with Crippen LogP contribution in [0.3, 0.4) is 0 Å². The van der Waals surface area contributed by atoms with Crippen molar-refractivity contribution in [2.75, 3.05) is 5.32 Å². The monoisotopic (exact) mass is 342 g/mol. The van der Waals surface area contributed by atoms with Gasteiger partial charge in [-0.25, -0.2) is 4.98 Å². The van der Waals surface area contributed by atoms with Crippen molar-refractivity contribution in [2.24, 2.45) is 0 Å². The third-order valence-electron chi connectivity index (χ3n) is 3.75. The quantitative estimate of drug-likeness (QED) is 0.613. The molecule has 0 aromatic carbocycles. The van der Waals surface area contributed by atoms with Crippen LogP contribution in [0.2, 0.25) is 5.02 Å². The van der Waals surface area contributed by atoms with Crippen LogP contribution in [-0.2, 0) is 6.54 Å². The van der Waals surface area contributed by atoms with Crippen LogP contribution in [0.1, 0.15) is 31.3 Å². The molecule has 0 bridgehead atoms. The molecule has 0 radical (unpaired) electrons. The highest BCUT2D eigenvalue weighted by molar-refractivity contribution is 6.33. The van der Waals surface area contributed by atoms with E-state index in [0.29, 0.717) is 28.9 Å². The molecule has 8 nitrogen and oxygen atoms in total. The molecule has 4 aromatic heterocycles. The minimum absolute atomic E-state index is 0.292. The van der Waals surface area contributed by atoms with E-state index >= 15 is 0 Å². The van der Waals surface area contributed by atoms with Gasteiger partial charge >= 0.3 is 0 Å². The summed E-state index contributed by atoms with van der Waals surface area (Å²) in [5.41, 5.74) is 1.59. The molecule has 0 aliphatic rings. The van der Waals surface area contributed by atoms with Crippen LogP contribution in [0.5, 0.6) is 0 Å². The first-order valence-electron chi connectivity index (χ1n) is 7.56. The molecule has 4 heterocycles. The van der Waals surface area contributed by atoms with Crippen LogP contribution in [0, 0.1) is 0 Å². The summed E-state index contributed by atoms with van der Waals surface area (Å²) in [6.07, 6.45) is 3.37. The number of nitrogens with zero attached hydrogens (tertiary/aromatic N) is 7. The molecule has 0 spiro atoms. The van der Waals surface area contributed by atoms with Gasteiger partial charge in [-0.05, 0) is 18.1 Å². The number of nitrogens with one attached hydrogen (secondary N) is 1. The third kappa shape index (κ3) is 2.44. The Morgan fingerprint density at radius 2 is 2.17 bits per heavy atom. The van der Waals surface area contributed by atoms with E-state index in [1.54, 1.807) is 10.6 Å². The Morgan fingerprint density at radius 3 is 3.00 bits per heavy atom. The highest BCUT2D eigenvalue weighted by Crippen LogP contribution is 2.19. The highest BCUT2D eigenvalue weighted by atomic mass is 35.5. The minimum Gasteiger partial charge on any atom is -0.363 e. The van der Waals surface area contributed by atoms with Crippen molar-refractivity contribution in [3.63, 3.8) is 0 Å².